The topological polar surface area (TPSA) is 46.5 Å². The average Bonchev–Trinajstić information content (AvgIpc) is 2.38. The van der Waals surface area contributed by atoms with Gasteiger partial charge in [-0.15, -0.1) is 0 Å². The van der Waals surface area contributed by atoms with Crippen molar-refractivity contribution in [1.29, 1.82) is 0 Å². The maximum Gasteiger partial charge on any atom is 0.336 e. The van der Waals surface area contributed by atoms with E-state index < -0.39 is 17.9 Å². The Morgan fingerprint density at radius 1 is 1.44 bits per heavy atom. The van der Waals surface area contributed by atoms with Gasteiger partial charge in [-0.2, -0.15) is 0 Å². The molecule has 1 aromatic rings. The highest BCUT2D eigenvalue weighted by atomic mass is 19.1. The third-order valence-electron chi connectivity index (χ3n) is 2.51. The highest BCUT2D eigenvalue weighted by Crippen LogP contribution is 2.21. The van der Waals surface area contributed by atoms with Crippen LogP contribution in [0.15, 0.2) is 36.4 Å². The first-order valence-electron chi connectivity index (χ1n) is 5.85. The Bertz CT molecular complexity index is 412. The molecule has 1 rings (SSSR count). The van der Waals surface area contributed by atoms with Crippen molar-refractivity contribution in [2.24, 2.45) is 0 Å². The molecule has 1 atom stereocenters. The molecule has 0 aliphatic carbocycles. The van der Waals surface area contributed by atoms with Crippen LogP contribution in [0.1, 0.15) is 31.4 Å². The van der Waals surface area contributed by atoms with Crippen molar-refractivity contribution in [2.75, 3.05) is 6.61 Å². The fourth-order valence-corrected chi connectivity index (χ4v) is 1.36. The molecule has 18 heavy (non-hydrogen) atoms. The second-order valence-corrected chi connectivity index (χ2v) is 3.97. The van der Waals surface area contributed by atoms with E-state index in [9.17, 15) is 14.3 Å². The molecule has 0 spiro atoms. The van der Waals surface area contributed by atoms with Gasteiger partial charge in [-0.05, 0) is 24.1 Å². The number of aliphatic hydroxyl groups excluding tert-OH is 1. The Morgan fingerprint density at radius 3 is 2.61 bits per heavy atom. The van der Waals surface area contributed by atoms with Crippen LogP contribution in [0.25, 0.3) is 0 Å². The summed E-state index contributed by atoms with van der Waals surface area (Å²) in [6.45, 7) is 5.81. The van der Waals surface area contributed by atoms with E-state index in [1.54, 1.807) is 0 Å². The molecule has 1 unspecified atom stereocenters. The number of carbonyl (C=O) groups excluding carboxylic acids is 1. The number of rotatable bonds is 6. The van der Waals surface area contributed by atoms with Crippen LogP contribution in [0.2, 0.25) is 0 Å². The summed E-state index contributed by atoms with van der Waals surface area (Å²) >= 11 is 0. The molecule has 0 bridgehead atoms. The molecule has 98 valence electrons. The molecule has 0 aliphatic heterocycles. The molecule has 0 radical (unpaired) electrons. The molecular formula is C14H17FO3. The maximum atomic E-state index is 12.7. The van der Waals surface area contributed by atoms with Gasteiger partial charge in [0.2, 0.25) is 0 Å². The number of unbranched alkanes of at least 4 members (excludes halogenated alkanes) is 1. The van der Waals surface area contributed by atoms with Crippen LogP contribution >= 0.6 is 0 Å². The monoisotopic (exact) mass is 252 g/mol. The molecule has 1 N–H and O–H groups in total. The van der Waals surface area contributed by atoms with Crippen LogP contribution in [-0.2, 0) is 9.53 Å². The number of benzene rings is 1. The number of ether oxygens (including phenoxy) is 1. The van der Waals surface area contributed by atoms with Crippen molar-refractivity contribution in [3.63, 3.8) is 0 Å². The fourth-order valence-electron chi connectivity index (χ4n) is 1.36. The van der Waals surface area contributed by atoms with Gasteiger partial charge in [0.1, 0.15) is 11.9 Å². The first-order valence-corrected chi connectivity index (χ1v) is 5.85. The Kier molecular flexibility index (Phi) is 5.52. The van der Waals surface area contributed by atoms with Crippen LogP contribution in [0.4, 0.5) is 4.39 Å². The third kappa shape index (κ3) is 3.96. The van der Waals surface area contributed by atoms with Gasteiger partial charge in [-0.3, -0.25) is 0 Å². The number of carbonyl (C=O) groups is 1. The van der Waals surface area contributed by atoms with Crippen molar-refractivity contribution in [2.45, 2.75) is 25.9 Å². The normalized spacial score (nSPS) is 11.9. The zero-order chi connectivity index (χ0) is 13.5. The molecule has 4 heteroatoms. The summed E-state index contributed by atoms with van der Waals surface area (Å²) in [7, 11) is 0. The summed E-state index contributed by atoms with van der Waals surface area (Å²) in [5.74, 6) is -1.03. The first kappa shape index (κ1) is 14.4. The summed E-state index contributed by atoms with van der Waals surface area (Å²) in [4.78, 5) is 11.5. The van der Waals surface area contributed by atoms with Crippen molar-refractivity contribution < 1.29 is 19.0 Å². The molecule has 3 nitrogen and oxygen atoms in total. The van der Waals surface area contributed by atoms with Crippen molar-refractivity contribution >= 4 is 5.97 Å². The Labute approximate surface area is 106 Å². The molecule has 0 fully saturated rings. The Balaban J connectivity index is 2.60. The van der Waals surface area contributed by atoms with E-state index in [0.29, 0.717) is 12.2 Å². The molecule has 0 saturated heterocycles. The number of hydrogen-bond acceptors (Lipinski definition) is 3. The lowest BCUT2D eigenvalue weighted by atomic mass is 10.0. The van der Waals surface area contributed by atoms with Crippen LogP contribution in [0, 0.1) is 5.82 Å². The van der Waals surface area contributed by atoms with Crippen molar-refractivity contribution in [3.05, 3.63) is 47.8 Å². The molecule has 0 amide bonds. The summed E-state index contributed by atoms with van der Waals surface area (Å²) in [6, 6.07) is 5.25. The quantitative estimate of drug-likeness (QED) is 0.481. The van der Waals surface area contributed by atoms with E-state index in [2.05, 4.69) is 6.58 Å². The number of aliphatic hydroxyl groups is 1. The summed E-state index contributed by atoms with van der Waals surface area (Å²) in [5.41, 5.74) is 0.367. The minimum atomic E-state index is -1.17. The predicted molar refractivity (Wildman–Crippen MR) is 66.4 cm³/mol. The summed E-state index contributed by atoms with van der Waals surface area (Å²) < 4.78 is 17.7. The van der Waals surface area contributed by atoms with E-state index in [0.717, 1.165) is 12.8 Å². The van der Waals surface area contributed by atoms with Gasteiger partial charge in [0.15, 0.2) is 0 Å². The Morgan fingerprint density at radius 2 is 2.06 bits per heavy atom. The van der Waals surface area contributed by atoms with Gasteiger partial charge in [0.05, 0.1) is 12.2 Å². The predicted octanol–water partition coefficient (Wildman–Crippen LogP) is 2.76. The number of hydrogen-bond donors (Lipinski definition) is 1. The van der Waals surface area contributed by atoms with Crippen LogP contribution in [0.5, 0.6) is 0 Å². The largest absolute Gasteiger partial charge is 0.462 e. The van der Waals surface area contributed by atoms with Crippen LogP contribution in [0.3, 0.4) is 0 Å². The van der Waals surface area contributed by atoms with Gasteiger partial charge in [0.25, 0.3) is 0 Å². The van der Waals surface area contributed by atoms with Crippen LogP contribution in [-0.4, -0.2) is 17.7 Å². The smallest absolute Gasteiger partial charge is 0.336 e. The van der Waals surface area contributed by atoms with E-state index in [1.807, 2.05) is 6.92 Å². The van der Waals surface area contributed by atoms with Gasteiger partial charge < -0.3 is 9.84 Å². The molecule has 1 aromatic carbocycles. The van der Waals surface area contributed by atoms with Crippen molar-refractivity contribution in [3.8, 4) is 0 Å². The van der Waals surface area contributed by atoms with Gasteiger partial charge in [-0.1, -0.05) is 32.1 Å². The zero-order valence-corrected chi connectivity index (χ0v) is 10.4. The zero-order valence-electron chi connectivity index (χ0n) is 10.4. The average molecular weight is 252 g/mol. The molecule has 0 aliphatic rings. The SMILES string of the molecule is C=C(C(=O)OCCCC)C(O)c1ccc(F)cc1. The number of esters is 1. The lowest BCUT2D eigenvalue weighted by Crippen LogP contribution is -2.14. The molecule has 0 aromatic heterocycles. The lowest BCUT2D eigenvalue weighted by molar-refractivity contribution is -0.140. The second-order valence-electron chi connectivity index (χ2n) is 3.97. The summed E-state index contributed by atoms with van der Waals surface area (Å²) in [6.07, 6.45) is 0.520. The van der Waals surface area contributed by atoms with Gasteiger partial charge >= 0.3 is 5.97 Å². The van der Waals surface area contributed by atoms with E-state index in [1.165, 1.54) is 24.3 Å². The second kappa shape index (κ2) is 6.91. The van der Waals surface area contributed by atoms with E-state index in [4.69, 9.17) is 4.74 Å². The van der Waals surface area contributed by atoms with Crippen LogP contribution < -0.4 is 0 Å². The van der Waals surface area contributed by atoms with E-state index in [-0.39, 0.29) is 5.57 Å². The maximum absolute atomic E-state index is 12.7. The summed E-state index contributed by atoms with van der Waals surface area (Å²) in [5, 5.41) is 9.88. The first-order chi connectivity index (χ1) is 8.56. The minimum absolute atomic E-state index is 0.0438. The van der Waals surface area contributed by atoms with Crippen molar-refractivity contribution in [1.82, 2.24) is 0 Å². The number of halogens is 1. The standard InChI is InChI=1S/C14H17FO3/c1-3-4-9-18-14(17)10(2)13(16)11-5-7-12(15)8-6-11/h5-8,13,16H,2-4,9H2,1H3. The minimum Gasteiger partial charge on any atom is -0.462 e. The third-order valence-corrected chi connectivity index (χ3v) is 2.51. The lowest BCUT2D eigenvalue weighted by Gasteiger charge is -2.13. The molecule has 0 heterocycles. The van der Waals surface area contributed by atoms with Gasteiger partial charge in [-0.25, -0.2) is 9.18 Å². The van der Waals surface area contributed by atoms with E-state index >= 15 is 0 Å². The molecule has 0 saturated carbocycles. The molecular weight excluding hydrogens is 235 g/mol. The van der Waals surface area contributed by atoms with Gasteiger partial charge in [0, 0.05) is 0 Å². The fraction of sp³-hybridized carbons (Fsp3) is 0.357. The Hall–Kier alpha value is -1.68. The highest BCUT2D eigenvalue weighted by Gasteiger charge is 2.19. The highest BCUT2D eigenvalue weighted by molar-refractivity contribution is 5.89.